The summed E-state index contributed by atoms with van der Waals surface area (Å²) in [7, 11) is 0. The Balaban J connectivity index is 1.61. The SMILES string of the molecule is Cc1noc(C)c1COc1ccccc1C(=O)NCCc1cccc(F)c1. The molecule has 6 heteroatoms. The van der Waals surface area contributed by atoms with Crippen molar-refractivity contribution in [2.24, 2.45) is 0 Å². The summed E-state index contributed by atoms with van der Waals surface area (Å²) in [4.78, 5) is 12.5. The zero-order valence-electron chi connectivity index (χ0n) is 15.3. The summed E-state index contributed by atoms with van der Waals surface area (Å²) >= 11 is 0. The van der Waals surface area contributed by atoms with E-state index in [0.29, 0.717) is 30.0 Å². The number of halogens is 1. The molecule has 27 heavy (non-hydrogen) atoms. The van der Waals surface area contributed by atoms with E-state index >= 15 is 0 Å². The van der Waals surface area contributed by atoms with Crippen LogP contribution in [0.4, 0.5) is 4.39 Å². The monoisotopic (exact) mass is 368 g/mol. The molecule has 0 radical (unpaired) electrons. The molecule has 0 atom stereocenters. The second kappa shape index (κ2) is 8.49. The van der Waals surface area contributed by atoms with Crippen LogP contribution in [0.1, 0.15) is 32.9 Å². The molecule has 1 aromatic heterocycles. The van der Waals surface area contributed by atoms with Crippen LogP contribution in [-0.4, -0.2) is 17.6 Å². The zero-order chi connectivity index (χ0) is 19.2. The highest BCUT2D eigenvalue weighted by molar-refractivity contribution is 5.96. The Bertz CT molecular complexity index is 917. The van der Waals surface area contributed by atoms with Crippen molar-refractivity contribution in [2.45, 2.75) is 26.9 Å². The molecule has 0 saturated heterocycles. The average Bonchev–Trinajstić information content (AvgIpc) is 2.98. The lowest BCUT2D eigenvalue weighted by Crippen LogP contribution is -2.26. The summed E-state index contributed by atoms with van der Waals surface area (Å²) in [6, 6.07) is 13.4. The van der Waals surface area contributed by atoms with Crippen molar-refractivity contribution in [2.75, 3.05) is 6.54 Å². The molecule has 0 bridgehead atoms. The number of amides is 1. The van der Waals surface area contributed by atoms with Gasteiger partial charge in [-0.05, 0) is 50.1 Å². The van der Waals surface area contributed by atoms with Crippen molar-refractivity contribution in [1.29, 1.82) is 0 Å². The van der Waals surface area contributed by atoms with Gasteiger partial charge in [-0.3, -0.25) is 4.79 Å². The largest absolute Gasteiger partial charge is 0.488 e. The first kappa shape index (κ1) is 18.6. The summed E-state index contributed by atoms with van der Waals surface area (Å²) in [6.07, 6.45) is 0.547. The molecular weight excluding hydrogens is 347 g/mol. The van der Waals surface area contributed by atoms with E-state index in [2.05, 4.69) is 10.5 Å². The highest BCUT2D eigenvalue weighted by Crippen LogP contribution is 2.21. The molecule has 1 N–H and O–H groups in total. The number of hydrogen-bond acceptors (Lipinski definition) is 4. The van der Waals surface area contributed by atoms with E-state index in [4.69, 9.17) is 9.26 Å². The fraction of sp³-hybridized carbons (Fsp3) is 0.238. The van der Waals surface area contributed by atoms with Crippen LogP contribution in [0.5, 0.6) is 5.75 Å². The fourth-order valence-corrected chi connectivity index (χ4v) is 2.75. The Labute approximate surface area is 157 Å². The van der Waals surface area contributed by atoms with E-state index < -0.39 is 0 Å². The maximum absolute atomic E-state index is 13.2. The third kappa shape index (κ3) is 4.73. The van der Waals surface area contributed by atoms with Crippen molar-refractivity contribution in [1.82, 2.24) is 10.5 Å². The number of aromatic nitrogens is 1. The quantitative estimate of drug-likeness (QED) is 0.685. The normalized spacial score (nSPS) is 10.6. The second-order valence-electron chi connectivity index (χ2n) is 6.22. The number of nitrogens with one attached hydrogen (secondary N) is 1. The number of aryl methyl sites for hydroxylation is 2. The van der Waals surface area contributed by atoms with Gasteiger partial charge >= 0.3 is 0 Å². The van der Waals surface area contributed by atoms with Gasteiger partial charge in [0.1, 0.15) is 23.9 Å². The minimum atomic E-state index is -0.281. The van der Waals surface area contributed by atoms with Gasteiger partial charge in [0, 0.05) is 6.54 Å². The van der Waals surface area contributed by atoms with E-state index in [1.54, 1.807) is 24.3 Å². The minimum absolute atomic E-state index is 0.235. The predicted octanol–water partition coefficient (Wildman–Crippen LogP) is 3.98. The number of carbonyl (C=O) groups is 1. The minimum Gasteiger partial charge on any atom is -0.488 e. The molecule has 3 aromatic rings. The van der Waals surface area contributed by atoms with E-state index in [1.165, 1.54) is 12.1 Å². The smallest absolute Gasteiger partial charge is 0.255 e. The van der Waals surface area contributed by atoms with Gasteiger partial charge in [0.05, 0.1) is 16.8 Å². The highest BCUT2D eigenvalue weighted by atomic mass is 19.1. The first-order valence-electron chi connectivity index (χ1n) is 8.71. The molecule has 0 aliphatic carbocycles. The first-order chi connectivity index (χ1) is 13.0. The fourth-order valence-electron chi connectivity index (χ4n) is 2.75. The molecule has 0 aliphatic heterocycles. The third-order valence-corrected chi connectivity index (χ3v) is 4.27. The lowest BCUT2D eigenvalue weighted by Gasteiger charge is -2.12. The molecule has 0 fully saturated rings. The number of carbonyl (C=O) groups excluding carboxylic acids is 1. The van der Waals surface area contributed by atoms with Crippen LogP contribution in [0, 0.1) is 19.7 Å². The van der Waals surface area contributed by atoms with Crippen LogP contribution in [-0.2, 0) is 13.0 Å². The van der Waals surface area contributed by atoms with Crippen LogP contribution < -0.4 is 10.1 Å². The second-order valence-corrected chi connectivity index (χ2v) is 6.22. The van der Waals surface area contributed by atoms with Gasteiger partial charge in [-0.2, -0.15) is 0 Å². The molecule has 0 saturated carbocycles. The van der Waals surface area contributed by atoms with Gasteiger partial charge in [0.2, 0.25) is 0 Å². The third-order valence-electron chi connectivity index (χ3n) is 4.27. The van der Waals surface area contributed by atoms with E-state index in [1.807, 2.05) is 26.0 Å². The van der Waals surface area contributed by atoms with Crippen molar-refractivity contribution >= 4 is 5.91 Å². The summed E-state index contributed by atoms with van der Waals surface area (Å²) in [5.74, 6) is 0.669. The number of rotatable bonds is 7. The Morgan fingerprint density at radius 3 is 2.74 bits per heavy atom. The van der Waals surface area contributed by atoms with Crippen LogP contribution >= 0.6 is 0 Å². The van der Waals surface area contributed by atoms with Crippen molar-refractivity contribution in [3.05, 3.63) is 82.5 Å². The van der Waals surface area contributed by atoms with Gasteiger partial charge < -0.3 is 14.6 Å². The number of hydrogen-bond donors (Lipinski definition) is 1. The molecule has 140 valence electrons. The Morgan fingerprint density at radius 2 is 2.00 bits per heavy atom. The molecule has 0 unspecified atom stereocenters. The van der Waals surface area contributed by atoms with Gasteiger partial charge in [-0.15, -0.1) is 0 Å². The van der Waals surface area contributed by atoms with Crippen molar-refractivity contribution < 1.29 is 18.4 Å². The maximum Gasteiger partial charge on any atom is 0.255 e. The van der Waals surface area contributed by atoms with Gasteiger partial charge in [-0.25, -0.2) is 4.39 Å². The van der Waals surface area contributed by atoms with Crippen molar-refractivity contribution in [3.8, 4) is 5.75 Å². The summed E-state index contributed by atoms with van der Waals surface area (Å²) in [5.41, 5.74) is 2.92. The van der Waals surface area contributed by atoms with E-state index in [9.17, 15) is 9.18 Å². The topological polar surface area (TPSA) is 64.4 Å². The van der Waals surface area contributed by atoms with Crippen LogP contribution in [0.3, 0.4) is 0 Å². The Kier molecular flexibility index (Phi) is 5.86. The summed E-state index contributed by atoms with van der Waals surface area (Å²) in [6.45, 7) is 4.35. The molecular formula is C21H21FN2O3. The molecule has 1 heterocycles. The Morgan fingerprint density at radius 1 is 1.19 bits per heavy atom. The molecule has 2 aromatic carbocycles. The zero-order valence-corrected chi connectivity index (χ0v) is 15.3. The number of nitrogens with zero attached hydrogens (tertiary/aromatic N) is 1. The highest BCUT2D eigenvalue weighted by Gasteiger charge is 2.14. The van der Waals surface area contributed by atoms with Gasteiger partial charge in [0.15, 0.2) is 0 Å². The van der Waals surface area contributed by atoms with Crippen molar-refractivity contribution in [3.63, 3.8) is 0 Å². The first-order valence-corrected chi connectivity index (χ1v) is 8.71. The van der Waals surface area contributed by atoms with Gasteiger partial charge in [0.25, 0.3) is 5.91 Å². The molecule has 0 spiro atoms. The number of para-hydroxylation sites is 1. The molecule has 0 aliphatic rings. The summed E-state index contributed by atoms with van der Waals surface area (Å²) in [5, 5.41) is 6.75. The predicted molar refractivity (Wildman–Crippen MR) is 99.2 cm³/mol. The Hall–Kier alpha value is -3.15. The lowest BCUT2D eigenvalue weighted by molar-refractivity contribution is 0.0949. The number of ether oxygens (including phenoxy) is 1. The van der Waals surface area contributed by atoms with Crippen LogP contribution in [0.15, 0.2) is 53.1 Å². The summed E-state index contributed by atoms with van der Waals surface area (Å²) < 4.78 is 24.2. The lowest BCUT2D eigenvalue weighted by atomic mass is 10.1. The van der Waals surface area contributed by atoms with Gasteiger partial charge in [-0.1, -0.05) is 29.4 Å². The maximum atomic E-state index is 13.2. The van der Waals surface area contributed by atoms with Crippen LogP contribution in [0.25, 0.3) is 0 Å². The van der Waals surface area contributed by atoms with Crippen LogP contribution in [0.2, 0.25) is 0 Å². The van der Waals surface area contributed by atoms with E-state index in [0.717, 1.165) is 16.8 Å². The standard InChI is InChI=1S/C21H21FN2O3/c1-14-19(15(2)27-24-14)13-26-20-9-4-3-8-18(20)21(25)23-11-10-16-6-5-7-17(22)12-16/h3-9,12H,10-11,13H2,1-2H3,(H,23,25). The molecule has 3 rings (SSSR count). The molecule has 1 amide bonds. The molecule has 5 nitrogen and oxygen atoms in total. The van der Waals surface area contributed by atoms with E-state index in [-0.39, 0.29) is 18.3 Å². The average molecular weight is 368 g/mol. The number of benzene rings is 2.